The Labute approximate surface area is 130 Å². The Hall–Kier alpha value is -1.47. The lowest BCUT2D eigenvalue weighted by Gasteiger charge is -2.06. The first kappa shape index (κ1) is 14.0. The van der Waals surface area contributed by atoms with E-state index < -0.39 is 0 Å². The standard InChI is InChI=1S/C14H11IN2OS/c15-11-2-1-3-12(8-11)17-14(18)10-6-4-9(5-7-10)13(16)19/h1-8H,(H2,16,19)(H,17,18). The fourth-order valence-electron chi connectivity index (χ4n) is 1.56. The molecule has 0 saturated carbocycles. The highest BCUT2D eigenvalue weighted by atomic mass is 127. The Kier molecular flexibility index (Phi) is 4.49. The molecule has 1 amide bonds. The van der Waals surface area contributed by atoms with Gasteiger partial charge in [0.15, 0.2) is 0 Å². The predicted molar refractivity (Wildman–Crippen MR) is 89.4 cm³/mol. The van der Waals surface area contributed by atoms with Gasteiger partial charge < -0.3 is 11.1 Å². The van der Waals surface area contributed by atoms with Crippen LogP contribution in [0.1, 0.15) is 15.9 Å². The molecule has 2 aromatic carbocycles. The molecule has 2 aromatic rings. The third kappa shape index (κ3) is 3.74. The average Bonchev–Trinajstić information content (AvgIpc) is 2.39. The average molecular weight is 382 g/mol. The van der Waals surface area contributed by atoms with E-state index in [1.165, 1.54) is 0 Å². The number of amides is 1. The van der Waals surface area contributed by atoms with Crippen molar-refractivity contribution in [2.45, 2.75) is 0 Å². The summed E-state index contributed by atoms with van der Waals surface area (Å²) in [6.07, 6.45) is 0. The quantitative estimate of drug-likeness (QED) is 0.634. The van der Waals surface area contributed by atoms with Crippen molar-refractivity contribution in [2.75, 3.05) is 5.32 Å². The second-order valence-electron chi connectivity index (χ2n) is 3.91. The Bertz CT molecular complexity index is 626. The smallest absolute Gasteiger partial charge is 0.255 e. The minimum absolute atomic E-state index is 0.156. The van der Waals surface area contributed by atoms with Gasteiger partial charge in [-0.05, 0) is 52.9 Å². The molecule has 0 heterocycles. The first-order valence-corrected chi connectivity index (χ1v) is 7.02. The van der Waals surface area contributed by atoms with Crippen molar-refractivity contribution in [3.8, 4) is 0 Å². The van der Waals surface area contributed by atoms with E-state index in [1.54, 1.807) is 24.3 Å². The van der Waals surface area contributed by atoms with E-state index in [2.05, 4.69) is 27.9 Å². The summed E-state index contributed by atoms with van der Waals surface area (Å²) in [5.41, 5.74) is 7.60. The number of hydrogen-bond acceptors (Lipinski definition) is 2. The molecule has 3 nitrogen and oxygen atoms in total. The summed E-state index contributed by atoms with van der Waals surface area (Å²) in [5.74, 6) is -0.156. The number of thiocarbonyl (C=S) groups is 1. The summed E-state index contributed by atoms with van der Waals surface area (Å²) in [7, 11) is 0. The minimum atomic E-state index is -0.156. The third-order valence-electron chi connectivity index (χ3n) is 2.51. The zero-order chi connectivity index (χ0) is 13.8. The zero-order valence-corrected chi connectivity index (χ0v) is 12.9. The summed E-state index contributed by atoms with van der Waals surface area (Å²) >= 11 is 7.07. The van der Waals surface area contributed by atoms with Crippen molar-refractivity contribution in [1.29, 1.82) is 0 Å². The Balaban J connectivity index is 2.14. The van der Waals surface area contributed by atoms with Crippen LogP contribution < -0.4 is 11.1 Å². The molecule has 3 N–H and O–H groups in total. The number of hydrogen-bond donors (Lipinski definition) is 2. The van der Waals surface area contributed by atoms with Crippen molar-refractivity contribution in [1.82, 2.24) is 0 Å². The van der Waals surface area contributed by atoms with Gasteiger partial charge in [0.05, 0.1) is 0 Å². The molecule has 0 bridgehead atoms. The van der Waals surface area contributed by atoms with E-state index in [0.717, 1.165) is 14.8 Å². The molecule has 0 aliphatic rings. The van der Waals surface area contributed by atoms with Crippen LogP contribution in [0.15, 0.2) is 48.5 Å². The number of nitrogens with two attached hydrogens (primary N) is 1. The molecule has 0 aromatic heterocycles. The van der Waals surface area contributed by atoms with Gasteiger partial charge in [0.2, 0.25) is 0 Å². The van der Waals surface area contributed by atoms with Crippen LogP contribution in [0.2, 0.25) is 0 Å². The van der Waals surface area contributed by atoms with Crippen molar-refractivity contribution < 1.29 is 4.79 Å². The molecule has 0 aliphatic carbocycles. The summed E-state index contributed by atoms with van der Waals surface area (Å²) < 4.78 is 1.07. The highest BCUT2D eigenvalue weighted by Crippen LogP contribution is 2.14. The van der Waals surface area contributed by atoms with Gasteiger partial charge in [-0.3, -0.25) is 4.79 Å². The predicted octanol–water partition coefficient (Wildman–Crippen LogP) is 3.18. The van der Waals surface area contributed by atoms with E-state index in [9.17, 15) is 4.79 Å². The normalized spacial score (nSPS) is 9.95. The van der Waals surface area contributed by atoms with E-state index in [0.29, 0.717) is 10.6 Å². The third-order valence-corrected chi connectivity index (χ3v) is 3.42. The van der Waals surface area contributed by atoms with E-state index in [-0.39, 0.29) is 5.91 Å². The van der Waals surface area contributed by atoms with E-state index >= 15 is 0 Å². The molecule has 0 atom stereocenters. The van der Waals surface area contributed by atoms with E-state index in [1.807, 2.05) is 24.3 Å². The lowest BCUT2D eigenvalue weighted by Crippen LogP contribution is -2.13. The lowest BCUT2D eigenvalue weighted by molar-refractivity contribution is 0.102. The van der Waals surface area contributed by atoms with Crippen LogP contribution in [0.4, 0.5) is 5.69 Å². The SMILES string of the molecule is NC(=S)c1ccc(C(=O)Nc2cccc(I)c2)cc1. The molecule has 0 unspecified atom stereocenters. The molecular weight excluding hydrogens is 371 g/mol. The minimum Gasteiger partial charge on any atom is -0.389 e. The van der Waals surface area contributed by atoms with Gasteiger partial charge in [0.1, 0.15) is 4.99 Å². The summed E-state index contributed by atoms with van der Waals surface area (Å²) in [4.78, 5) is 12.4. The number of rotatable bonds is 3. The summed E-state index contributed by atoms with van der Waals surface area (Å²) in [6, 6.07) is 14.5. The van der Waals surface area contributed by atoms with Crippen molar-refractivity contribution in [2.24, 2.45) is 5.73 Å². The van der Waals surface area contributed by atoms with Crippen LogP contribution >= 0.6 is 34.8 Å². The first-order valence-electron chi connectivity index (χ1n) is 5.53. The van der Waals surface area contributed by atoms with Crippen molar-refractivity contribution in [3.63, 3.8) is 0 Å². The van der Waals surface area contributed by atoms with E-state index in [4.69, 9.17) is 18.0 Å². The largest absolute Gasteiger partial charge is 0.389 e. The van der Waals surface area contributed by atoms with Gasteiger partial charge in [-0.1, -0.05) is 30.4 Å². The van der Waals surface area contributed by atoms with Gasteiger partial charge in [-0.25, -0.2) is 0 Å². The molecule has 2 rings (SSSR count). The van der Waals surface area contributed by atoms with Gasteiger partial charge in [-0.15, -0.1) is 0 Å². The highest BCUT2D eigenvalue weighted by molar-refractivity contribution is 14.1. The number of carbonyl (C=O) groups excluding carboxylic acids is 1. The highest BCUT2D eigenvalue weighted by Gasteiger charge is 2.06. The van der Waals surface area contributed by atoms with Crippen molar-refractivity contribution in [3.05, 3.63) is 63.2 Å². The topological polar surface area (TPSA) is 55.1 Å². The van der Waals surface area contributed by atoms with Crippen LogP contribution in [-0.2, 0) is 0 Å². The molecule has 96 valence electrons. The summed E-state index contributed by atoms with van der Waals surface area (Å²) in [5, 5.41) is 2.84. The second kappa shape index (κ2) is 6.12. The lowest BCUT2D eigenvalue weighted by atomic mass is 10.1. The monoisotopic (exact) mass is 382 g/mol. The molecule has 19 heavy (non-hydrogen) atoms. The van der Waals surface area contributed by atoms with Gasteiger partial charge in [0.25, 0.3) is 5.91 Å². The molecule has 0 fully saturated rings. The maximum Gasteiger partial charge on any atom is 0.255 e. The molecule has 5 heteroatoms. The Morgan fingerprint density at radius 1 is 1.11 bits per heavy atom. The Morgan fingerprint density at radius 3 is 2.32 bits per heavy atom. The maximum atomic E-state index is 12.0. The number of anilines is 1. The van der Waals surface area contributed by atoms with Crippen LogP contribution in [-0.4, -0.2) is 10.9 Å². The second-order valence-corrected chi connectivity index (χ2v) is 5.59. The zero-order valence-electron chi connectivity index (χ0n) is 9.89. The number of nitrogens with one attached hydrogen (secondary N) is 1. The van der Waals surface area contributed by atoms with Gasteiger partial charge in [0, 0.05) is 20.4 Å². The molecule has 0 spiro atoms. The fraction of sp³-hybridized carbons (Fsp3) is 0. The van der Waals surface area contributed by atoms with Gasteiger partial charge in [-0.2, -0.15) is 0 Å². The number of benzene rings is 2. The van der Waals surface area contributed by atoms with Crippen molar-refractivity contribution >= 4 is 51.4 Å². The number of carbonyl (C=O) groups is 1. The van der Waals surface area contributed by atoms with Crippen LogP contribution in [0.25, 0.3) is 0 Å². The fourth-order valence-corrected chi connectivity index (χ4v) is 2.23. The molecule has 0 aliphatic heterocycles. The molecular formula is C14H11IN2OS. The van der Waals surface area contributed by atoms with Crippen LogP contribution in [0.5, 0.6) is 0 Å². The van der Waals surface area contributed by atoms with Crippen LogP contribution in [0.3, 0.4) is 0 Å². The summed E-state index contributed by atoms with van der Waals surface area (Å²) in [6.45, 7) is 0. The molecule has 0 saturated heterocycles. The maximum absolute atomic E-state index is 12.0. The molecule has 0 radical (unpaired) electrons. The first-order chi connectivity index (χ1) is 9.06. The Morgan fingerprint density at radius 2 is 1.74 bits per heavy atom. The van der Waals surface area contributed by atoms with Crippen LogP contribution in [0, 0.1) is 3.57 Å². The number of halogens is 1. The van der Waals surface area contributed by atoms with Gasteiger partial charge >= 0.3 is 0 Å².